The summed E-state index contributed by atoms with van der Waals surface area (Å²) < 4.78 is 10.6. The number of carboxylic acids is 1. The molecular formula is C15H21NO5. The van der Waals surface area contributed by atoms with Crippen LogP contribution < -0.4 is 0 Å². The predicted octanol–water partition coefficient (Wildman–Crippen LogP) is 1.99. The Morgan fingerprint density at radius 3 is 2.90 bits per heavy atom. The van der Waals surface area contributed by atoms with Gasteiger partial charge < -0.3 is 19.2 Å². The maximum atomic E-state index is 12.3. The minimum atomic E-state index is -0.895. The zero-order chi connectivity index (χ0) is 15.4. The second kappa shape index (κ2) is 6.76. The van der Waals surface area contributed by atoms with Crippen molar-refractivity contribution >= 4 is 11.9 Å². The number of hydrogen-bond acceptors (Lipinski definition) is 4. The molecule has 2 unspecified atom stereocenters. The summed E-state index contributed by atoms with van der Waals surface area (Å²) in [5.41, 5.74) is 0.864. The minimum Gasteiger partial charge on any atom is -0.481 e. The standard InChI is InChI=1S/C15H21NO5/c1-10-6-8-21-14(10)13-11(15(18)19)4-3-5-12(17)16(13)7-9-20-2/h6,8,11,13H,3-5,7,9H2,1-2H3,(H,18,19). The molecule has 1 aromatic rings. The van der Waals surface area contributed by atoms with E-state index in [-0.39, 0.29) is 5.91 Å². The maximum absolute atomic E-state index is 12.3. The number of carbonyl (C=O) groups excluding carboxylic acids is 1. The van der Waals surface area contributed by atoms with Crippen molar-refractivity contribution in [3.63, 3.8) is 0 Å². The summed E-state index contributed by atoms with van der Waals surface area (Å²) in [7, 11) is 1.56. The largest absolute Gasteiger partial charge is 0.481 e. The number of furan rings is 1. The van der Waals surface area contributed by atoms with Crippen molar-refractivity contribution < 1.29 is 23.8 Å². The number of amides is 1. The first kappa shape index (κ1) is 15.6. The van der Waals surface area contributed by atoms with Gasteiger partial charge >= 0.3 is 5.97 Å². The summed E-state index contributed by atoms with van der Waals surface area (Å²) in [6, 6.07) is 1.22. The topological polar surface area (TPSA) is 80.0 Å². The van der Waals surface area contributed by atoms with E-state index in [4.69, 9.17) is 9.15 Å². The molecule has 1 saturated heterocycles. The zero-order valence-corrected chi connectivity index (χ0v) is 12.4. The zero-order valence-electron chi connectivity index (χ0n) is 12.4. The molecular weight excluding hydrogens is 274 g/mol. The Labute approximate surface area is 123 Å². The maximum Gasteiger partial charge on any atom is 0.309 e. The SMILES string of the molecule is COCCN1C(=O)CCCC(C(=O)O)C1c1occc1C. The van der Waals surface area contributed by atoms with Crippen LogP contribution in [0.5, 0.6) is 0 Å². The number of nitrogens with zero attached hydrogens (tertiary/aromatic N) is 1. The Balaban J connectivity index is 2.41. The third kappa shape index (κ3) is 3.26. The number of carbonyl (C=O) groups is 2. The Morgan fingerprint density at radius 2 is 2.33 bits per heavy atom. The van der Waals surface area contributed by atoms with Crippen LogP contribution in [-0.4, -0.2) is 42.1 Å². The van der Waals surface area contributed by atoms with Crippen molar-refractivity contribution in [3.05, 3.63) is 23.7 Å². The number of aliphatic carboxylic acids is 1. The Morgan fingerprint density at radius 1 is 1.57 bits per heavy atom. The summed E-state index contributed by atoms with van der Waals surface area (Å²) in [4.78, 5) is 25.6. The highest BCUT2D eigenvalue weighted by atomic mass is 16.5. The molecule has 0 aromatic carbocycles. The van der Waals surface area contributed by atoms with Gasteiger partial charge in [-0.2, -0.15) is 0 Å². The van der Waals surface area contributed by atoms with Crippen molar-refractivity contribution in [2.75, 3.05) is 20.3 Å². The van der Waals surface area contributed by atoms with Crippen LogP contribution >= 0.6 is 0 Å². The summed E-state index contributed by atoms with van der Waals surface area (Å²) in [6.07, 6.45) is 2.95. The average Bonchev–Trinajstić information content (AvgIpc) is 2.78. The van der Waals surface area contributed by atoms with Crippen LogP contribution in [0.25, 0.3) is 0 Å². The molecule has 2 heterocycles. The third-order valence-electron chi connectivity index (χ3n) is 3.97. The van der Waals surface area contributed by atoms with E-state index in [0.717, 1.165) is 5.56 Å². The molecule has 1 N–H and O–H groups in total. The third-order valence-corrected chi connectivity index (χ3v) is 3.97. The molecule has 1 aliphatic heterocycles. The van der Waals surface area contributed by atoms with Gasteiger partial charge in [-0.15, -0.1) is 0 Å². The molecule has 2 atom stereocenters. The number of methoxy groups -OCH3 is 1. The van der Waals surface area contributed by atoms with E-state index in [1.807, 2.05) is 6.92 Å². The molecule has 0 saturated carbocycles. The van der Waals surface area contributed by atoms with Crippen LogP contribution in [0, 0.1) is 12.8 Å². The normalized spacial score (nSPS) is 23.1. The summed E-state index contributed by atoms with van der Waals surface area (Å²) >= 11 is 0. The molecule has 6 nitrogen and oxygen atoms in total. The second-order valence-electron chi connectivity index (χ2n) is 5.33. The fourth-order valence-electron chi connectivity index (χ4n) is 2.87. The van der Waals surface area contributed by atoms with E-state index in [2.05, 4.69) is 0 Å². The van der Waals surface area contributed by atoms with E-state index >= 15 is 0 Å². The van der Waals surface area contributed by atoms with Gasteiger partial charge in [0.1, 0.15) is 11.8 Å². The number of hydrogen-bond donors (Lipinski definition) is 1. The van der Waals surface area contributed by atoms with E-state index < -0.39 is 17.9 Å². The minimum absolute atomic E-state index is 0.0448. The van der Waals surface area contributed by atoms with Crippen LogP contribution in [0.1, 0.15) is 36.6 Å². The lowest BCUT2D eigenvalue weighted by molar-refractivity contribution is -0.146. The molecule has 116 valence electrons. The van der Waals surface area contributed by atoms with E-state index in [9.17, 15) is 14.7 Å². The first-order valence-electron chi connectivity index (χ1n) is 7.11. The molecule has 6 heteroatoms. The van der Waals surface area contributed by atoms with Gasteiger partial charge in [0.05, 0.1) is 18.8 Å². The van der Waals surface area contributed by atoms with Crippen molar-refractivity contribution in [2.45, 2.75) is 32.2 Å². The van der Waals surface area contributed by atoms with E-state index in [0.29, 0.717) is 38.2 Å². The lowest BCUT2D eigenvalue weighted by Crippen LogP contribution is -2.40. The molecule has 1 aromatic heterocycles. The number of carboxylic acid groups (broad SMARTS) is 1. The highest BCUT2D eigenvalue weighted by Crippen LogP contribution is 2.37. The van der Waals surface area contributed by atoms with Gasteiger partial charge in [-0.05, 0) is 31.4 Å². The first-order chi connectivity index (χ1) is 10.1. The van der Waals surface area contributed by atoms with Crippen molar-refractivity contribution in [1.29, 1.82) is 0 Å². The van der Waals surface area contributed by atoms with Gasteiger partial charge in [-0.25, -0.2) is 0 Å². The molecule has 1 aliphatic rings. The monoisotopic (exact) mass is 295 g/mol. The molecule has 0 bridgehead atoms. The highest BCUT2D eigenvalue weighted by Gasteiger charge is 2.40. The van der Waals surface area contributed by atoms with Crippen LogP contribution in [0.3, 0.4) is 0 Å². The van der Waals surface area contributed by atoms with Gasteiger partial charge in [0.25, 0.3) is 0 Å². The number of ether oxygens (including phenoxy) is 1. The second-order valence-corrected chi connectivity index (χ2v) is 5.33. The molecule has 0 aliphatic carbocycles. The van der Waals surface area contributed by atoms with Gasteiger partial charge in [0, 0.05) is 20.1 Å². The van der Waals surface area contributed by atoms with Gasteiger partial charge in [-0.1, -0.05) is 0 Å². The van der Waals surface area contributed by atoms with Crippen LogP contribution in [-0.2, 0) is 14.3 Å². The Hall–Kier alpha value is -1.82. The molecule has 0 radical (unpaired) electrons. The summed E-state index contributed by atoms with van der Waals surface area (Å²) in [5.74, 6) is -1.03. The molecule has 1 amide bonds. The molecule has 0 spiro atoms. The fraction of sp³-hybridized carbons (Fsp3) is 0.600. The van der Waals surface area contributed by atoms with E-state index in [1.165, 1.54) is 6.26 Å². The molecule has 1 fully saturated rings. The first-order valence-corrected chi connectivity index (χ1v) is 7.11. The number of aryl methyl sites for hydroxylation is 1. The summed E-state index contributed by atoms with van der Waals surface area (Å²) in [6.45, 7) is 2.60. The van der Waals surface area contributed by atoms with Gasteiger partial charge in [0.2, 0.25) is 5.91 Å². The van der Waals surface area contributed by atoms with E-state index in [1.54, 1.807) is 18.1 Å². The van der Waals surface area contributed by atoms with Crippen molar-refractivity contribution in [3.8, 4) is 0 Å². The lowest BCUT2D eigenvalue weighted by Gasteiger charge is -2.32. The number of likely N-dealkylation sites (tertiary alicyclic amines) is 1. The quantitative estimate of drug-likeness (QED) is 0.898. The lowest BCUT2D eigenvalue weighted by atomic mass is 9.91. The Kier molecular flexibility index (Phi) is 5.01. The molecule has 21 heavy (non-hydrogen) atoms. The predicted molar refractivity (Wildman–Crippen MR) is 74.8 cm³/mol. The molecule has 2 rings (SSSR count). The van der Waals surface area contributed by atoms with Crippen LogP contribution in [0.2, 0.25) is 0 Å². The number of rotatable bonds is 5. The van der Waals surface area contributed by atoms with Gasteiger partial charge in [0.15, 0.2) is 0 Å². The summed E-state index contributed by atoms with van der Waals surface area (Å²) in [5, 5.41) is 9.54. The Bertz CT molecular complexity index is 510. The van der Waals surface area contributed by atoms with Gasteiger partial charge in [-0.3, -0.25) is 9.59 Å². The fourth-order valence-corrected chi connectivity index (χ4v) is 2.87. The highest BCUT2D eigenvalue weighted by molar-refractivity contribution is 5.79. The smallest absolute Gasteiger partial charge is 0.309 e. The average molecular weight is 295 g/mol. The van der Waals surface area contributed by atoms with Crippen molar-refractivity contribution in [2.24, 2.45) is 5.92 Å². The van der Waals surface area contributed by atoms with Crippen molar-refractivity contribution in [1.82, 2.24) is 4.90 Å². The van der Waals surface area contributed by atoms with Crippen LogP contribution in [0.15, 0.2) is 16.7 Å². The van der Waals surface area contributed by atoms with Crippen LogP contribution in [0.4, 0.5) is 0 Å².